The smallest absolute Gasteiger partial charge is 0.142 e. The molecule has 0 heterocycles. The Labute approximate surface area is 79.6 Å². The molecule has 0 radical (unpaired) electrons. The lowest BCUT2D eigenvalue weighted by Crippen LogP contribution is -2.31. The van der Waals surface area contributed by atoms with E-state index in [4.69, 9.17) is 5.11 Å². The average molecular weight is 182 g/mol. The quantitative estimate of drug-likeness (QED) is 0.664. The van der Waals surface area contributed by atoms with Gasteiger partial charge in [-0.3, -0.25) is 4.79 Å². The predicted molar refractivity (Wildman–Crippen MR) is 52.4 cm³/mol. The highest BCUT2D eigenvalue weighted by molar-refractivity contribution is 5.88. The van der Waals surface area contributed by atoms with Crippen molar-refractivity contribution in [3.8, 4) is 0 Å². The molecular formula is C11H18O2. The molecule has 1 N–H and O–H groups in total. The van der Waals surface area contributed by atoms with Gasteiger partial charge < -0.3 is 5.11 Å². The van der Waals surface area contributed by atoms with E-state index in [1.165, 1.54) is 5.57 Å². The summed E-state index contributed by atoms with van der Waals surface area (Å²) >= 11 is 0. The molecule has 1 rings (SSSR count). The highest BCUT2D eigenvalue weighted by Crippen LogP contribution is 2.38. The number of carbonyl (C=O) groups excluding carboxylic acids is 1. The summed E-state index contributed by atoms with van der Waals surface area (Å²) in [5.74, 6) is 0.307. The highest BCUT2D eigenvalue weighted by atomic mass is 16.3. The summed E-state index contributed by atoms with van der Waals surface area (Å²) in [6.07, 6.45) is 2.18. The second kappa shape index (κ2) is 3.62. The Morgan fingerprint density at radius 1 is 1.38 bits per heavy atom. The minimum Gasteiger partial charge on any atom is -0.396 e. The molecule has 0 aromatic heterocycles. The van der Waals surface area contributed by atoms with E-state index < -0.39 is 0 Å². The minimum atomic E-state index is -0.342. The van der Waals surface area contributed by atoms with Crippen molar-refractivity contribution in [1.82, 2.24) is 0 Å². The maximum atomic E-state index is 11.6. The maximum absolute atomic E-state index is 11.6. The van der Waals surface area contributed by atoms with Gasteiger partial charge in [0.1, 0.15) is 5.78 Å². The fourth-order valence-electron chi connectivity index (χ4n) is 2.10. The molecule has 0 amide bonds. The van der Waals surface area contributed by atoms with Gasteiger partial charge >= 0.3 is 0 Å². The molecule has 0 spiro atoms. The van der Waals surface area contributed by atoms with Gasteiger partial charge in [0.05, 0.1) is 0 Å². The van der Waals surface area contributed by atoms with Gasteiger partial charge in [0.2, 0.25) is 0 Å². The zero-order valence-corrected chi connectivity index (χ0v) is 8.68. The molecule has 2 nitrogen and oxygen atoms in total. The molecule has 1 aliphatic carbocycles. The van der Waals surface area contributed by atoms with E-state index in [-0.39, 0.29) is 12.0 Å². The molecule has 0 unspecified atom stereocenters. The van der Waals surface area contributed by atoms with E-state index >= 15 is 0 Å². The Balaban J connectivity index is 3.01. The van der Waals surface area contributed by atoms with Crippen LogP contribution in [0, 0.1) is 5.41 Å². The zero-order chi connectivity index (χ0) is 10.1. The van der Waals surface area contributed by atoms with E-state index in [0.29, 0.717) is 18.6 Å². The fourth-order valence-corrected chi connectivity index (χ4v) is 2.10. The van der Waals surface area contributed by atoms with E-state index in [2.05, 4.69) is 6.92 Å². The van der Waals surface area contributed by atoms with Crippen molar-refractivity contribution in [2.45, 2.75) is 40.0 Å². The Bertz CT molecular complexity index is 249. The summed E-state index contributed by atoms with van der Waals surface area (Å²) in [5, 5.41) is 8.91. The number of rotatable bonds is 2. The molecule has 1 aliphatic rings. The van der Waals surface area contributed by atoms with Crippen molar-refractivity contribution >= 4 is 5.78 Å². The summed E-state index contributed by atoms with van der Waals surface area (Å²) < 4.78 is 0. The topological polar surface area (TPSA) is 37.3 Å². The van der Waals surface area contributed by atoms with Crippen LogP contribution in [0.3, 0.4) is 0 Å². The van der Waals surface area contributed by atoms with Crippen LogP contribution in [0.15, 0.2) is 11.1 Å². The first-order valence-electron chi connectivity index (χ1n) is 4.83. The normalized spacial score (nSPS) is 22.3. The van der Waals surface area contributed by atoms with Crippen LogP contribution in [-0.2, 0) is 4.79 Å². The molecule has 0 aliphatic heterocycles. The van der Waals surface area contributed by atoms with Crippen molar-refractivity contribution in [2.75, 3.05) is 6.61 Å². The molecule has 0 saturated carbocycles. The first-order chi connectivity index (χ1) is 6.00. The Morgan fingerprint density at radius 3 is 2.54 bits per heavy atom. The van der Waals surface area contributed by atoms with Gasteiger partial charge in [0.25, 0.3) is 0 Å². The van der Waals surface area contributed by atoms with Crippen molar-refractivity contribution in [2.24, 2.45) is 5.41 Å². The van der Waals surface area contributed by atoms with Gasteiger partial charge in [-0.05, 0) is 33.6 Å². The zero-order valence-electron chi connectivity index (χ0n) is 8.68. The van der Waals surface area contributed by atoms with Gasteiger partial charge in [-0.2, -0.15) is 0 Å². The van der Waals surface area contributed by atoms with Crippen molar-refractivity contribution < 1.29 is 9.90 Å². The molecule has 0 aromatic carbocycles. The van der Waals surface area contributed by atoms with Gasteiger partial charge in [0, 0.05) is 18.4 Å². The predicted octanol–water partition coefficient (Wildman–Crippen LogP) is 2.07. The fraction of sp³-hybridized carbons (Fsp3) is 0.727. The Kier molecular flexibility index (Phi) is 2.91. The summed E-state index contributed by atoms with van der Waals surface area (Å²) in [4.78, 5) is 11.6. The largest absolute Gasteiger partial charge is 0.396 e. The molecule has 0 fully saturated rings. The number of carbonyl (C=O) groups is 1. The first-order valence-corrected chi connectivity index (χ1v) is 4.83. The van der Waals surface area contributed by atoms with E-state index in [1.54, 1.807) is 0 Å². The number of aliphatic hydroxyl groups is 1. The highest BCUT2D eigenvalue weighted by Gasteiger charge is 2.35. The van der Waals surface area contributed by atoms with E-state index in [9.17, 15) is 4.79 Å². The van der Waals surface area contributed by atoms with Crippen LogP contribution in [0.5, 0.6) is 0 Å². The lowest BCUT2D eigenvalue weighted by Gasteiger charge is -2.32. The summed E-state index contributed by atoms with van der Waals surface area (Å²) in [7, 11) is 0. The SMILES string of the molecule is CC1=C(CCO)C(C)(C)C(=O)CC1. The van der Waals surface area contributed by atoms with Crippen LogP contribution in [0.25, 0.3) is 0 Å². The number of hydrogen-bond acceptors (Lipinski definition) is 2. The number of hydrogen-bond donors (Lipinski definition) is 1. The number of Topliss-reactive ketones (excluding diaryl/α,β-unsaturated/α-hetero) is 1. The summed E-state index contributed by atoms with van der Waals surface area (Å²) in [6.45, 7) is 6.13. The maximum Gasteiger partial charge on any atom is 0.142 e. The lowest BCUT2D eigenvalue weighted by molar-refractivity contribution is -0.126. The number of allylic oxidation sites excluding steroid dienone is 1. The van der Waals surface area contributed by atoms with Gasteiger partial charge in [-0.25, -0.2) is 0 Å². The molecule has 0 aromatic rings. The van der Waals surface area contributed by atoms with Gasteiger partial charge in [-0.15, -0.1) is 0 Å². The number of ketones is 1. The van der Waals surface area contributed by atoms with Crippen LogP contribution in [0.1, 0.15) is 40.0 Å². The molecule has 13 heavy (non-hydrogen) atoms. The molecule has 0 atom stereocenters. The summed E-state index contributed by atoms with van der Waals surface area (Å²) in [6, 6.07) is 0. The molecule has 0 bridgehead atoms. The molecule has 2 heteroatoms. The van der Waals surface area contributed by atoms with E-state index in [0.717, 1.165) is 12.0 Å². The average Bonchev–Trinajstić information content (AvgIpc) is 2.06. The second-order valence-corrected chi connectivity index (χ2v) is 4.28. The van der Waals surface area contributed by atoms with Gasteiger partial charge in [0.15, 0.2) is 0 Å². The van der Waals surface area contributed by atoms with Gasteiger partial charge in [-0.1, -0.05) is 11.1 Å². The Hall–Kier alpha value is -0.630. The van der Waals surface area contributed by atoms with Crippen LogP contribution in [0.4, 0.5) is 0 Å². The number of aliphatic hydroxyl groups excluding tert-OH is 1. The monoisotopic (exact) mass is 182 g/mol. The van der Waals surface area contributed by atoms with Crippen LogP contribution in [0.2, 0.25) is 0 Å². The minimum absolute atomic E-state index is 0.142. The third kappa shape index (κ3) is 1.83. The van der Waals surface area contributed by atoms with Crippen LogP contribution < -0.4 is 0 Å². The van der Waals surface area contributed by atoms with Crippen molar-refractivity contribution in [3.05, 3.63) is 11.1 Å². The second-order valence-electron chi connectivity index (χ2n) is 4.28. The van der Waals surface area contributed by atoms with E-state index in [1.807, 2.05) is 13.8 Å². The summed E-state index contributed by atoms with van der Waals surface area (Å²) in [5.41, 5.74) is 2.09. The Morgan fingerprint density at radius 2 is 2.00 bits per heavy atom. The molecule has 74 valence electrons. The van der Waals surface area contributed by atoms with Crippen LogP contribution in [-0.4, -0.2) is 17.5 Å². The van der Waals surface area contributed by atoms with Crippen molar-refractivity contribution in [3.63, 3.8) is 0 Å². The van der Waals surface area contributed by atoms with Crippen molar-refractivity contribution in [1.29, 1.82) is 0 Å². The standard InChI is InChI=1S/C11H18O2/c1-8-4-5-10(13)11(2,3)9(8)6-7-12/h12H,4-7H2,1-3H3. The first kappa shape index (κ1) is 10.5. The lowest BCUT2D eigenvalue weighted by atomic mass is 9.71. The third-order valence-electron chi connectivity index (χ3n) is 3.06. The van der Waals surface area contributed by atoms with Crippen LogP contribution >= 0.6 is 0 Å². The molecular weight excluding hydrogens is 164 g/mol. The third-order valence-corrected chi connectivity index (χ3v) is 3.06. The molecule has 0 saturated heterocycles.